The zero-order chi connectivity index (χ0) is 14.9. The minimum atomic E-state index is 0.660. The van der Waals surface area contributed by atoms with Gasteiger partial charge in [0.15, 0.2) is 0 Å². The Bertz CT molecular complexity index is 787. The van der Waals surface area contributed by atoms with Crippen LogP contribution in [0.25, 0.3) is 5.69 Å². The molecule has 0 amide bonds. The van der Waals surface area contributed by atoms with Gasteiger partial charge in [0.05, 0.1) is 11.4 Å². The monoisotopic (exact) mass is 311 g/mol. The number of para-hydroxylation sites is 1. The van der Waals surface area contributed by atoms with E-state index in [0.29, 0.717) is 12.5 Å². The number of hydrogen-bond acceptors (Lipinski definition) is 5. The quantitative estimate of drug-likeness (QED) is 0.783. The van der Waals surface area contributed by atoms with Crippen LogP contribution in [0.2, 0.25) is 0 Å². The molecule has 2 aromatic heterocycles. The predicted molar refractivity (Wildman–Crippen MR) is 87.5 cm³/mol. The molecule has 1 aromatic carbocycles. The smallest absolute Gasteiger partial charge is 0.205 e. The lowest BCUT2D eigenvalue weighted by Crippen LogP contribution is -2.05. The lowest BCUT2D eigenvalue weighted by molar-refractivity contribution is 0.848. The Morgan fingerprint density at radius 2 is 2.09 bits per heavy atom. The largest absolute Gasteiger partial charge is 0.356 e. The third-order valence-electron chi connectivity index (χ3n) is 3.76. The fraction of sp³-hybridized carbons (Fsp3) is 0.312. The van der Waals surface area contributed by atoms with Crippen molar-refractivity contribution in [1.29, 1.82) is 0 Å². The van der Waals surface area contributed by atoms with Gasteiger partial charge in [0.2, 0.25) is 5.13 Å². The Balaban J connectivity index is 1.52. The van der Waals surface area contributed by atoms with Crippen molar-refractivity contribution < 1.29 is 0 Å². The maximum atomic E-state index is 4.50. The molecule has 4 rings (SSSR count). The molecular weight excluding hydrogens is 294 g/mol. The highest BCUT2D eigenvalue weighted by atomic mass is 32.1. The van der Waals surface area contributed by atoms with Gasteiger partial charge in [0.25, 0.3) is 0 Å². The van der Waals surface area contributed by atoms with Crippen LogP contribution in [0.5, 0.6) is 0 Å². The topological polar surface area (TPSA) is 55.6 Å². The van der Waals surface area contributed by atoms with Crippen molar-refractivity contribution in [1.82, 2.24) is 20.0 Å². The molecule has 1 fully saturated rings. The zero-order valence-corrected chi connectivity index (χ0v) is 13.2. The van der Waals surface area contributed by atoms with Gasteiger partial charge in [-0.3, -0.25) is 0 Å². The molecule has 1 saturated carbocycles. The molecule has 22 heavy (non-hydrogen) atoms. The molecule has 0 radical (unpaired) electrons. The van der Waals surface area contributed by atoms with Crippen LogP contribution in [0, 0.1) is 6.92 Å². The summed E-state index contributed by atoms with van der Waals surface area (Å²) in [5.74, 6) is 0.660. The van der Waals surface area contributed by atoms with E-state index in [4.69, 9.17) is 0 Å². The zero-order valence-electron chi connectivity index (χ0n) is 12.4. The van der Waals surface area contributed by atoms with E-state index in [1.807, 2.05) is 36.0 Å². The lowest BCUT2D eigenvalue weighted by Gasteiger charge is -2.09. The number of anilines is 1. The first kappa shape index (κ1) is 13.5. The molecule has 112 valence electrons. The van der Waals surface area contributed by atoms with Gasteiger partial charge in [-0.1, -0.05) is 29.5 Å². The number of hydrogen-bond donors (Lipinski definition) is 1. The van der Waals surface area contributed by atoms with Gasteiger partial charge in [-0.15, -0.1) is 10.2 Å². The van der Waals surface area contributed by atoms with Crippen molar-refractivity contribution in [2.24, 2.45) is 0 Å². The van der Waals surface area contributed by atoms with Crippen molar-refractivity contribution in [2.75, 3.05) is 5.32 Å². The SMILES string of the molecule is Cc1ccn(-c2ccccc2CNc2nnc(C3CC3)s2)n1. The van der Waals surface area contributed by atoms with Crippen LogP contribution >= 0.6 is 11.3 Å². The second-order valence-electron chi connectivity index (χ2n) is 5.60. The van der Waals surface area contributed by atoms with E-state index in [1.165, 1.54) is 23.4 Å². The fourth-order valence-corrected chi connectivity index (χ4v) is 3.31. The van der Waals surface area contributed by atoms with E-state index in [-0.39, 0.29) is 0 Å². The van der Waals surface area contributed by atoms with Crippen LogP contribution in [0.15, 0.2) is 36.5 Å². The number of aryl methyl sites for hydroxylation is 1. The summed E-state index contributed by atoms with van der Waals surface area (Å²) in [7, 11) is 0. The minimum Gasteiger partial charge on any atom is -0.356 e. The standard InChI is InChI=1S/C16H17N5S/c1-11-8-9-21(20-11)14-5-3-2-4-13(14)10-17-16-19-18-15(22-16)12-6-7-12/h2-5,8-9,12H,6-7,10H2,1H3,(H,17,19). The van der Waals surface area contributed by atoms with Crippen molar-refractivity contribution in [3.05, 3.63) is 52.8 Å². The minimum absolute atomic E-state index is 0.660. The summed E-state index contributed by atoms with van der Waals surface area (Å²) < 4.78 is 1.92. The number of nitrogens with zero attached hydrogens (tertiary/aromatic N) is 4. The van der Waals surface area contributed by atoms with Gasteiger partial charge >= 0.3 is 0 Å². The summed E-state index contributed by atoms with van der Waals surface area (Å²) in [6.45, 7) is 2.71. The van der Waals surface area contributed by atoms with E-state index in [2.05, 4.69) is 32.7 Å². The Hall–Kier alpha value is -2.21. The first-order chi connectivity index (χ1) is 10.8. The first-order valence-electron chi connectivity index (χ1n) is 7.47. The highest BCUT2D eigenvalue weighted by Gasteiger charge is 2.27. The van der Waals surface area contributed by atoms with Crippen LogP contribution in [0.3, 0.4) is 0 Å². The van der Waals surface area contributed by atoms with Crippen LogP contribution in [-0.2, 0) is 6.54 Å². The molecule has 1 aliphatic rings. The highest BCUT2D eigenvalue weighted by Crippen LogP contribution is 2.42. The maximum Gasteiger partial charge on any atom is 0.205 e. The molecule has 0 spiro atoms. The van der Waals surface area contributed by atoms with Crippen LogP contribution in [0.4, 0.5) is 5.13 Å². The average molecular weight is 311 g/mol. The van der Waals surface area contributed by atoms with Crippen molar-refractivity contribution in [2.45, 2.75) is 32.2 Å². The molecular formula is C16H17N5S. The van der Waals surface area contributed by atoms with E-state index >= 15 is 0 Å². The Kier molecular flexibility index (Phi) is 3.38. The van der Waals surface area contributed by atoms with Gasteiger partial charge < -0.3 is 5.32 Å². The van der Waals surface area contributed by atoms with Gasteiger partial charge in [0, 0.05) is 18.7 Å². The summed E-state index contributed by atoms with van der Waals surface area (Å²) in [5.41, 5.74) is 3.30. The summed E-state index contributed by atoms with van der Waals surface area (Å²) >= 11 is 1.67. The van der Waals surface area contributed by atoms with Crippen LogP contribution in [0.1, 0.15) is 35.0 Å². The molecule has 0 aliphatic heterocycles. The Labute approximate surface area is 133 Å². The fourth-order valence-electron chi connectivity index (χ4n) is 2.41. The molecule has 5 nitrogen and oxygen atoms in total. The third-order valence-corrected chi connectivity index (χ3v) is 4.80. The van der Waals surface area contributed by atoms with Gasteiger partial charge in [-0.2, -0.15) is 5.10 Å². The molecule has 0 atom stereocenters. The number of nitrogens with one attached hydrogen (secondary N) is 1. The summed E-state index contributed by atoms with van der Waals surface area (Å²) in [4.78, 5) is 0. The van der Waals surface area contributed by atoms with Gasteiger partial charge in [-0.05, 0) is 37.5 Å². The molecule has 1 aliphatic carbocycles. The predicted octanol–water partition coefficient (Wildman–Crippen LogP) is 3.52. The lowest BCUT2D eigenvalue weighted by atomic mass is 10.2. The Morgan fingerprint density at radius 3 is 2.86 bits per heavy atom. The second-order valence-corrected chi connectivity index (χ2v) is 6.61. The van der Waals surface area contributed by atoms with E-state index in [1.54, 1.807) is 11.3 Å². The van der Waals surface area contributed by atoms with E-state index in [9.17, 15) is 0 Å². The Morgan fingerprint density at radius 1 is 1.23 bits per heavy atom. The number of rotatable bonds is 5. The van der Waals surface area contributed by atoms with Crippen LogP contribution < -0.4 is 5.32 Å². The average Bonchev–Trinajstić information content (AvgIpc) is 3.12. The summed E-state index contributed by atoms with van der Waals surface area (Å²) in [6, 6.07) is 10.3. The summed E-state index contributed by atoms with van der Waals surface area (Å²) in [5, 5.41) is 18.4. The first-order valence-corrected chi connectivity index (χ1v) is 8.29. The molecule has 6 heteroatoms. The van der Waals surface area contributed by atoms with Crippen molar-refractivity contribution in [3.8, 4) is 5.69 Å². The van der Waals surface area contributed by atoms with Gasteiger partial charge in [0.1, 0.15) is 5.01 Å². The van der Waals surface area contributed by atoms with Crippen LogP contribution in [-0.4, -0.2) is 20.0 Å². The molecule has 0 bridgehead atoms. The molecule has 3 aromatic rings. The maximum absolute atomic E-state index is 4.50. The van der Waals surface area contributed by atoms with Gasteiger partial charge in [-0.25, -0.2) is 4.68 Å². The third kappa shape index (κ3) is 2.74. The molecule has 1 N–H and O–H groups in total. The molecule has 0 unspecified atom stereocenters. The van der Waals surface area contributed by atoms with E-state index < -0.39 is 0 Å². The summed E-state index contributed by atoms with van der Waals surface area (Å²) in [6.07, 6.45) is 4.51. The van der Waals surface area contributed by atoms with Crippen molar-refractivity contribution in [3.63, 3.8) is 0 Å². The van der Waals surface area contributed by atoms with Crippen molar-refractivity contribution >= 4 is 16.5 Å². The molecule has 0 saturated heterocycles. The molecule has 2 heterocycles. The number of aromatic nitrogens is 4. The second kappa shape index (κ2) is 5.53. The normalized spacial score (nSPS) is 14.2. The number of benzene rings is 1. The van der Waals surface area contributed by atoms with E-state index in [0.717, 1.165) is 16.5 Å². The highest BCUT2D eigenvalue weighted by molar-refractivity contribution is 7.15.